The number of amides is 2. The molecule has 0 spiro atoms. The molecule has 1 aliphatic rings. The van der Waals surface area contributed by atoms with E-state index in [2.05, 4.69) is 15.6 Å². The summed E-state index contributed by atoms with van der Waals surface area (Å²) >= 11 is 1.56. The smallest absolute Gasteiger partial charge is 0.407 e. The lowest BCUT2D eigenvalue weighted by Gasteiger charge is -2.35. The number of thiazole rings is 1. The third-order valence-corrected chi connectivity index (χ3v) is 5.97. The van der Waals surface area contributed by atoms with Gasteiger partial charge in [-0.25, -0.2) is 14.6 Å². The molecular weight excluding hydrogens is 378 g/mol. The SMILES string of the molecule is CCc1csc([C@@H]2C[C@H](NC(=O)O)CC[C@@H]2NC(=O)OCc2ccccc2)n1. The van der Waals surface area contributed by atoms with Gasteiger partial charge in [-0.2, -0.15) is 0 Å². The van der Waals surface area contributed by atoms with E-state index in [9.17, 15) is 9.59 Å². The Hall–Kier alpha value is -2.61. The zero-order valence-corrected chi connectivity index (χ0v) is 16.6. The average molecular weight is 404 g/mol. The quantitative estimate of drug-likeness (QED) is 0.679. The first kappa shape index (κ1) is 20.1. The molecule has 28 heavy (non-hydrogen) atoms. The van der Waals surface area contributed by atoms with Gasteiger partial charge < -0.3 is 20.5 Å². The largest absolute Gasteiger partial charge is 0.465 e. The summed E-state index contributed by atoms with van der Waals surface area (Å²) in [6.45, 7) is 2.26. The summed E-state index contributed by atoms with van der Waals surface area (Å²) in [5.41, 5.74) is 1.94. The van der Waals surface area contributed by atoms with Gasteiger partial charge in [-0.3, -0.25) is 0 Å². The summed E-state index contributed by atoms with van der Waals surface area (Å²) in [6, 6.07) is 9.24. The number of aromatic nitrogens is 1. The topological polar surface area (TPSA) is 101 Å². The predicted octanol–water partition coefficient (Wildman–Crippen LogP) is 3.90. The van der Waals surface area contributed by atoms with Crippen molar-refractivity contribution in [2.45, 2.75) is 57.2 Å². The van der Waals surface area contributed by atoms with E-state index in [4.69, 9.17) is 9.84 Å². The summed E-state index contributed by atoms with van der Waals surface area (Å²) in [5.74, 6) is -0.0415. The number of rotatable bonds is 6. The van der Waals surface area contributed by atoms with Crippen molar-refractivity contribution in [2.24, 2.45) is 0 Å². The van der Waals surface area contributed by atoms with E-state index >= 15 is 0 Å². The lowest BCUT2D eigenvalue weighted by molar-refractivity contribution is 0.128. The van der Waals surface area contributed by atoms with Crippen molar-refractivity contribution in [1.29, 1.82) is 0 Å². The van der Waals surface area contributed by atoms with Crippen molar-refractivity contribution in [1.82, 2.24) is 15.6 Å². The number of aryl methyl sites for hydroxylation is 1. The van der Waals surface area contributed by atoms with E-state index in [0.717, 1.165) is 22.7 Å². The molecule has 0 radical (unpaired) electrons. The van der Waals surface area contributed by atoms with Crippen molar-refractivity contribution < 1.29 is 19.4 Å². The molecule has 2 amide bonds. The maximum atomic E-state index is 12.3. The van der Waals surface area contributed by atoms with Crippen LogP contribution in [0.25, 0.3) is 0 Å². The van der Waals surface area contributed by atoms with Crippen LogP contribution >= 0.6 is 11.3 Å². The molecule has 1 aromatic carbocycles. The Morgan fingerprint density at radius 3 is 2.71 bits per heavy atom. The number of hydrogen-bond donors (Lipinski definition) is 3. The fraction of sp³-hybridized carbons (Fsp3) is 0.450. The molecule has 1 saturated carbocycles. The van der Waals surface area contributed by atoms with Crippen molar-refractivity contribution in [3.63, 3.8) is 0 Å². The van der Waals surface area contributed by atoms with E-state index in [1.165, 1.54) is 0 Å². The summed E-state index contributed by atoms with van der Waals surface area (Å²) < 4.78 is 5.36. The zero-order chi connectivity index (χ0) is 19.9. The molecule has 150 valence electrons. The molecule has 1 fully saturated rings. The molecule has 0 saturated heterocycles. The molecule has 0 unspecified atom stereocenters. The monoisotopic (exact) mass is 403 g/mol. The van der Waals surface area contributed by atoms with Gasteiger partial charge in [0.1, 0.15) is 6.61 Å². The lowest BCUT2D eigenvalue weighted by atomic mass is 9.82. The van der Waals surface area contributed by atoms with Crippen LogP contribution in [-0.4, -0.2) is 34.4 Å². The van der Waals surface area contributed by atoms with Gasteiger partial charge in [0.25, 0.3) is 0 Å². The van der Waals surface area contributed by atoms with E-state index in [0.29, 0.717) is 19.3 Å². The van der Waals surface area contributed by atoms with Gasteiger partial charge in [-0.1, -0.05) is 37.3 Å². The number of benzene rings is 1. The first-order valence-electron chi connectivity index (χ1n) is 9.46. The molecule has 7 nitrogen and oxygen atoms in total. The third kappa shape index (κ3) is 5.45. The molecular formula is C20H25N3O4S. The van der Waals surface area contributed by atoms with Crippen LogP contribution in [0.1, 0.15) is 48.4 Å². The minimum Gasteiger partial charge on any atom is -0.465 e. The van der Waals surface area contributed by atoms with E-state index in [1.54, 1.807) is 11.3 Å². The molecule has 2 aromatic rings. The van der Waals surface area contributed by atoms with Gasteiger partial charge >= 0.3 is 12.2 Å². The number of nitrogens with zero attached hydrogens (tertiary/aromatic N) is 1. The number of hydrogen-bond acceptors (Lipinski definition) is 5. The van der Waals surface area contributed by atoms with Crippen LogP contribution in [0.15, 0.2) is 35.7 Å². The van der Waals surface area contributed by atoms with Crippen LogP contribution < -0.4 is 10.6 Å². The summed E-state index contributed by atoms with van der Waals surface area (Å²) in [7, 11) is 0. The standard InChI is InChI=1S/C20H25N3O4S/c1-2-14-12-28-18(21-14)16-10-15(22-19(24)25)8-9-17(16)23-20(26)27-11-13-6-4-3-5-7-13/h3-7,12,15-17,22H,2,8-11H2,1H3,(H,23,26)(H,24,25)/t15-,16-,17+/m1/s1. The maximum Gasteiger partial charge on any atom is 0.407 e. The first-order valence-corrected chi connectivity index (χ1v) is 10.3. The Labute approximate surface area is 168 Å². The Morgan fingerprint density at radius 2 is 2.04 bits per heavy atom. The number of carbonyl (C=O) groups is 2. The Bertz CT molecular complexity index is 796. The van der Waals surface area contributed by atoms with E-state index in [1.807, 2.05) is 42.6 Å². The Kier molecular flexibility index (Phi) is 6.86. The highest BCUT2D eigenvalue weighted by atomic mass is 32.1. The van der Waals surface area contributed by atoms with Gasteiger partial charge in [0, 0.05) is 23.4 Å². The van der Waals surface area contributed by atoms with Crippen LogP contribution in [0.3, 0.4) is 0 Å². The molecule has 0 aliphatic heterocycles. The summed E-state index contributed by atoms with van der Waals surface area (Å²) in [5, 5.41) is 17.5. The molecule has 0 bridgehead atoms. The Balaban J connectivity index is 1.64. The molecule has 8 heteroatoms. The van der Waals surface area contributed by atoms with Crippen LogP contribution in [0, 0.1) is 0 Å². The van der Waals surface area contributed by atoms with Gasteiger partial charge in [0.15, 0.2) is 0 Å². The molecule has 3 rings (SSSR count). The van der Waals surface area contributed by atoms with Crippen molar-refractivity contribution in [2.75, 3.05) is 0 Å². The fourth-order valence-corrected chi connectivity index (χ4v) is 4.57. The highest BCUT2D eigenvalue weighted by molar-refractivity contribution is 7.09. The van der Waals surface area contributed by atoms with Crippen LogP contribution in [0.4, 0.5) is 9.59 Å². The highest BCUT2D eigenvalue weighted by Gasteiger charge is 2.35. The van der Waals surface area contributed by atoms with Crippen LogP contribution in [0.2, 0.25) is 0 Å². The minimum absolute atomic E-state index is 0.0415. The third-order valence-electron chi connectivity index (χ3n) is 4.94. The highest BCUT2D eigenvalue weighted by Crippen LogP contribution is 2.35. The second-order valence-corrected chi connectivity index (χ2v) is 7.80. The number of nitrogens with one attached hydrogen (secondary N) is 2. The molecule has 3 atom stereocenters. The molecule has 1 heterocycles. The molecule has 1 aliphatic carbocycles. The molecule has 3 N–H and O–H groups in total. The second kappa shape index (κ2) is 9.54. The van der Waals surface area contributed by atoms with Crippen LogP contribution in [0.5, 0.6) is 0 Å². The Morgan fingerprint density at radius 1 is 1.25 bits per heavy atom. The second-order valence-electron chi connectivity index (χ2n) is 6.91. The van der Waals surface area contributed by atoms with Crippen molar-refractivity contribution in [3.8, 4) is 0 Å². The minimum atomic E-state index is -1.02. The molecule has 1 aromatic heterocycles. The van der Waals surface area contributed by atoms with Gasteiger partial charge in [-0.15, -0.1) is 11.3 Å². The predicted molar refractivity (Wildman–Crippen MR) is 107 cm³/mol. The number of alkyl carbamates (subject to hydrolysis) is 1. The van der Waals surface area contributed by atoms with Gasteiger partial charge in [0.05, 0.1) is 10.7 Å². The number of carboxylic acid groups (broad SMARTS) is 1. The van der Waals surface area contributed by atoms with Crippen molar-refractivity contribution in [3.05, 3.63) is 52.0 Å². The lowest BCUT2D eigenvalue weighted by Crippen LogP contribution is -2.47. The first-order chi connectivity index (χ1) is 13.5. The number of carbonyl (C=O) groups excluding carboxylic acids is 1. The van der Waals surface area contributed by atoms with Crippen LogP contribution in [-0.2, 0) is 17.8 Å². The normalized spacial score (nSPS) is 21.7. The van der Waals surface area contributed by atoms with Crippen molar-refractivity contribution >= 4 is 23.5 Å². The summed E-state index contributed by atoms with van der Waals surface area (Å²) in [4.78, 5) is 28.0. The number of ether oxygens (including phenoxy) is 1. The van der Waals surface area contributed by atoms with Gasteiger partial charge in [0.2, 0.25) is 0 Å². The average Bonchev–Trinajstić information content (AvgIpc) is 3.17. The fourth-order valence-electron chi connectivity index (χ4n) is 3.49. The van der Waals surface area contributed by atoms with E-state index < -0.39 is 12.2 Å². The zero-order valence-electron chi connectivity index (χ0n) is 15.8. The summed E-state index contributed by atoms with van der Waals surface area (Å²) in [6.07, 6.45) is 1.29. The van der Waals surface area contributed by atoms with Gasteiger partial charge in [-0.05, 0) is 31.2 Å². The van der Waals surface area contributed by atoms with E-state index in [-0.39, 0.29) is 24.6 Å². The maximum absolute atomic E-state index is 12.3.